The van der Waals surface area contributed by atoms with Gasteiger partial charge in [0.05, 0.1) is 41.3 Å². The van der Waals surface area contributed by atoms with Crippen LogP contribution in [0.2, 0.25) is 5.02 Å². The summed E-state index contributed by atoms with van der Waals surface area (Å²) in [7, 11) is 5.44. The minimum absolute atomic E-state index is 0.350. The van der Waals surface area contributed by atoms with Crippen molar-refractivity contribution >= 4 is 57.7 Å². The number of anilines is 1. The van der Waals surface area contributed by atoms with Crippen LogP contribution in [0.3, 0.4) is 0 Å². The molecule has 12 heteroatoms. The highest BCUT2D eigenvalue weighted by Crippen LogP contribution is 2.44. The maximum Gasteiger partial charge on any atom is 0.354 e. The fraction of sp³-hybridized carbons (Fsp3) is 0.432. The third-order valence-electron chi connectivity index (χ3n) is 10.0. The van der Waals surface area contributed by atoms with Gasteiger partial charge in [-0.05, 0) is 80.3 Å². The van der Waals surface area contributed by atoms with Crippen molar-refractivity contribution < 1.29 is 14.3 Å². The number of benzene rings is 2. The molecule has 0 radical (unpaired) electrons. The molecular formula is C37H41ClN6O3S2. The van der Waals surface area contributed by atoms with Crippen LogP contribution < -0.4 is 10.1 Å². The molecule has 6 heterocycles. The lowest BCUT2D eigenvalue weighted by Crippen LogP contribution is -2.14. The van der Waals surface area contributed by atoms with E-state index in [2.05, 4.69) is 34.3 Å². The van der Waals surface area contributed by atoms with Gasteiger partial charge < -0.3 is 19.4 Å². The van der Waals surface area contributed by atoms with E-state index in [-0.39, 0.29) is 5.97 Å². The molecule has 1 N–H and O–H groups in total. The van der Waals surface area contributed by atoms with Gasteiger partial charge in [0.2, 0.25) is 0 Å². The van der Waals surface area contributed by atoms with Gasteiger partial charge in [-0.25, -0.2) is 4.79 Å². The van der Waals surface area contributed by atoms with Crippen LogP contribution in [0.1, 0.15) is 70.1 Å². The highest BCUT2D eigenvalue weighted by atomic mass is 35.5. The Balaban J connectivity index is 1.26. The number of methoxy groups -OCH3 is 1. The number of aryl methyl sites for hydroxylation is 5. The summed E-state index contributed by atoms with van der Waals surface area (Å²) in [5.41, 5.74) is 11.4. The Labute approximate surface area is 300 Å². The largest absolute Gasteiger partial charge is 0.491 e. The molecule has 256 valence electrons. The van der Waals surface area contributed by atoms with Crippen LogP contribution in [0.4, 0.5) is 5.69 Å². The summed E-state index contributed by atoms with van der Waals surface area (Å²) in [6, 6.07) is 10.8. The van der Waals surface area contributed by atoms with Crippen LogP contribution in [-0.4, -0.2) is 50.4 Å². The van der Waals surface area contributed by atoms with Crippen LogP contribution in [-0.2, 0) is 61.9 Å². The molecule has 49 heavy (non-hydrogen) atoms. The molecule has 0 fully saturated rings. The van der Waals surface area contributed by atoms with Gasteiger partial charge >= 0.3 is 5.97 Å². The lowest BCUT2D eigenvalue weighted by molar-refractivity contribution is 0.0589. The normalized spacial score (nSPS) is 16.6. The molecule has 2 aromatic carbocycles. The number of hydrogen-bond acceptors (Lipinski definition) is 8. The molecule has 8 rings (SSSR count). The number of hydrogen-bond donors (Lipinski definition) is 1. The SMILES string of the molecule is COC(=O)c1c2c3ccc(Cl)c(c3n1C)-c1c(nn3c1CCCC3)CSCc1cc(n(C)n1)CSc1cc3c(c(c1)OCCC2)NCCC3. The summed E-state index contributed by atoms with van der Waals surface area (Å²) in [5.74, 6) is 2.88. The molecule has 9 nitrogen and oxygen atoms in total. The molecule has 0 saturated heterocycles. The number of thioether (sulfide) groups is 2. The molecule has 0 unspecified atom stereocenters. The number of fused-ring (bicyclic) bond motifs is 10. The number of esters is 1. The van der Waals surface area contributed by atoms with E-state index in [0.717, 1.165) is 119 Å². The lowest BCUT2D eigenvalue weighted by atomic mass is 9.95. The second-order valence-corrected chi connectivity index (χ2v) is 15.6. The van der Waals surface area contributed by atoms with E-state index in [1.165, 1.54) is 29.0 Å². The van der Waals surface area contributed by atoms with Crippen molar-refractivity contribution in [3.05, 3.63) is 75.0 Å². The maximum absolute atomic E-state index is 13.4. The monoisotopic (exact) mass is 716 g/mol. The number of halogens is 1. The van der Waals surface area contributed by atoms with E-state index in [4.69, 9.17) is 31.3 Å². The highest BCUT2D eigenvalue weighted by Gasteiger charge is 2.30. The Bertz CT molecular complexity index is 2080. The Kier molecular flexibility index (Phi) is 9.09. The van der Waals surface area contributed by atoms with Gasteiger partial charge in [-0.1, -0.05) is 17.7 Å². The van der Waals surface area contributed by atoms with Crippen LogP contribution in [0.25, 0.3) is 22.0 Å². The van der Waals surface area contributed by atoms with Crippen molar-refractivity contribution in [1.29, 1.82) is 0 Å². The van der Waals surface area contributed by atoms with Crippen LogP contribution in [0, 0.1) is 0 Å². The van der Waals surface area contributed by atoms with Gasteiger partial charge in [0, 0.05) is 77.2 Å². The van der Waals surface area contributed by atoms with Crippen LogP contribution in [0.5, 0.6) is 5.75 Å². The van der Waals surface area contributed by atoms with Crippen molar-refractivity contribution in [1.82, 2.24) is 24.1 Å². The molecule has 0 spiro atoms. The number of rotatable bonds is 1. The van der Waals surface area contributed by atoms with Crippen molar-refractivity contribution in [3.8, 4) is 16.9 Å². The molecule has 0 saturated carbocycles. The molecule has 3 aromatic heterocycles. The quantitative estimate of drug-likeness (QED) is 0.175. The Hall–Kier alpha value is -3.54. The number of aromatic nitrogens is 5. The number of nitrogens with zero attached hydrogens (tertiary/aromatic N) is 5. The molecular weight excluding hydrogens is 676 g/mol. The Morgan fingerprint density at radius 1 is 1.00 bits per heavy atom. The van der Waals surface area contributed by atoms with E-state index >= 15 is 0 Å². The first-order valence-corrected chi connectivity index (χ1v) is 19.7. The van der Waals surface area contributed by atoms with Gasteiger partial charge in [0.1, 0.15) is 11.4 Å². The second-order valence-electron chi connectivity index (χ2n) is 13.1. The Morgan fingerprint density at radius 3 is 2.78 bits per heavy atom. The van der Waals surface area contributed by atoms with Crippen LogP contribution >= 0.6 is 35.1 Å². The van der Waals surface area contributed by atoms with Crippen molar-refractivity contribution in [2.24, 2.45) is 14.1 Å². The minimum atomic E-state index is -0.350. The minimum Gasteiger partial charge on any atom is -0.491 e. The lowest BCUT2D eigenvalue weighted by Gasteiger charge is -2.22. The maximum atomic E-state index is 13.4. The summed E-state index contributed by atoms with van der Waals surface area (Å²) in [6.45, 7) is 2.36. The first-order valence-electron chi connectivity index (χ1n) is 17.1. The van der Waals surface area contributed by atoms with E-state index in [0.29, 0.717) is 23.7 Å². The first-order chi connectivity index (χ1) is 23.9. The third-order valence-corrected chi connectivity index (χ3v) is 12.3. The summed E-state index contributed by atoms with van der Waals surface area (Å²) in [5, 5.41) is 15.3. The fourth-order valence-electron chi connectivity index (χ4n) is 7.73. The van der Waals surface area contributed by atoms with Crippen molar-refractivity contribution in [3.63, 3.8) is 0 Å². The average Bonchev–Trinajstić information content (AvgIpc) is 3.75. The molecule has 8 bridgehead atoms. The molecule has 3 aliphatic heterocycles. The molecule has 0 atom stereocenters. The number of ether oxygens (including phenoxy) is 2. The predicted octanol–water partition coefficient (Wildman–Crippen LogP) is 7.96. The molecule has 3 aliphatic rings. The molecule has 0 amide bonds. The standard InChI is InChI=1S/C37H41ClN6O3S2/c1-42-35-27-11-12-28(38)32(35)33-29(41-44-14-5-4-10-30(33)44)21-48-19-23-17-24(43(2)40-23)20-49-25-16-22-8-6-13-39-34(22)31(18-25)47-15-7-9-26(27)36(42)37(45)46-3/h11-12,16-18,39H,4-10,13-15,19-21H2,1-3H3. The number of carbonyl (C=O) groups is 1. The van der Waals surface area contributed by atoms with Crippen LogP contribution in [0.15, 0.2) is 35.2 Å². The zero-order chi connectivity index (χ0) is 33.6. The first kappa shape index (κ1) is 32.7. The number of carbonyl (C=O) groups excluding carboxylic acids is 1. The van der Waals surface area contributed by atoms with Gasteiger partial charge in [-0.15, -0.1) is 23.5 Å². The van der Waals surface area contributed by atoms with E-state index < -0.39 is 0 Å². The predicted molar refractivity (Wildman–Crippen MR) is 198 cm³/mol. The zero-order valence-electron chi connectivity index (χ0n) is 28.2. The average molecular weight is 717 g/mol. The Morgan fingerprint density at radius 2 is 1.90 bits per heavy atom. The van der Waals surface area contributed by atoms with E-state index in [1.54, 1.807) is 0 Å². The fourth-order valence-corrected chi connectivity index (χ4v) is 9.83. The van der Waals surface area contributed by atoms with Gasteiger partial charge in [-0.2, -0.15) is 10.2 Å². The zero-order valence-corrected chi connectivity index (χ0v) is 30.6. The highest BCUT2D eigenvalue weighted by molar-refractivity contribution is 7.98. The smallest absolute Gasteiger partial charge is 0.354 e. The topological polar surface area (TPSA) is 88.1 Å². The van der Waals surface area contributed by atoms with Gasteiger partial charge in [-0.3, -0.25) is 9.36 Å². The summed E-state index contributed by atoms with van der Waals surface area (Å²) in [4.78, 5) is 14.6. The van der Waals surface area contributed by atoms with E-state index in [9.17, 15) is 4.79 Å². The van der Waals surface area contributed by atoms with Gasteiger partial charge in [0.15, 0.2) is 0 Å². The van der Waals surface area contributed by atoms with Crippen molar-refractivity contribution in [2.75, 3.05) is 25.6 Å². The third kappa shape index (κ3) is 6.01. The van der Waals surface area contributed by atoms with Gasteiger partial charge in [0.25, 0.3) is 0 Å². The van der Waals surface area contributed by atoms with Crippen molar-refractivity contribution in [2.45, 2.75) is 73.6 Å². The summed E-state index contributed by atoms with van der Waals surface area (Å²) >= 11 is 10.8. The summed E-state index contributed by atoms with van der Waals surface area (Å²) in [6.07, 6.45) is 6.69. The molecule has 0 aliphatic carbocycles. The van der Waals surface area contributed by atoms with E-state index in [1.807, 2.05) is 52.9 Å². The molecule has 5 aromatic rings. The summed E-state index contributed by atoms with van der Waals surface area (Å²) < 4.78 is 18.1. The second kappa shape index (κ2) is 13.6. The number of nitrogens with one attached hydrogen (secondary N) is 1.